The largest absolute Gasteiger partial charge is 0.380 e. The van der Waals surface area contributed by atoms with Crippen LogP contribution in [0.1, 0.15) is 33.4 Å². The topological polar surface area (TPSA) is 92.5 Å². The van der Waals surface area contributed by atoms with Crippen LogP contribution in [-0.4, -0.2) is 64.9 Å². The second kappa shape index (κ2) is 11.2. The molecular weight excluding hydrogens is 404 g/mol. The zero-order valence-electron chi connectivity index (χ0n) is 19.9. The Morgan fingerprint density at radius 3 is 2.94 bits per heavy atom. The summed E-state index contributed by atoms with van der Waals surface area (Å²) in [5.74, 6) is 2.01. The lowest BCUT2D eigenvalue weighted by Crippen LogP contribution is -2.53. The summed E-state index contributed by atoms with van der Waals surface area (Å²) in [6.07, 6.45) is 5.10. The first-order valence-electron chi connectivity index (χ1n) is 11.3. The van der Waals surface area contributed by atoms with Crippen LogP contribution < -0.4 is 15.5 Å². The van der Waals surface area contributed by atoms with Crippen molar-refractivity contribution in [3.8, 4) is 0 Å². The van der Waals surface area contributed by atoms with Gasteiger partial charge in [0.05, 0.1) is 18.8 Å². The number of ether oxygens (including phenoxy) is 1. The van der Waals surface area contributed by atoms with Gasteiger partial charge in [-0.25, -0.2) is 4.98 Å². The molecule has 0 radical (unpaired) electrons. The van der Waals surface area contributed by atoms with Crippen LogP contribution in [-0.2, 0) is 11.3 Å². The molecule has 0 unspecified atom stereocenters. The number of hydrogen-bond acceptors (Lipinski definition) is 8. The molecule has 1 fully saturated rings. The highest BCUT2D eigenvalue weighted by atomic mass is 16.5. The van der Waals surface area contributed by atoms with Crippen molar-refractivity contribution in [1.29, 1.82) is 0 Å². The minimum Gasteiger partial charge on any atom is -0.380 e. The quantitative estimate of drug-likeness (QED) is 0.433. The molecule has 0 spiro atoms. The monoisotopic (exact) mass is 440 g/mol. The van der Waals surface area contributed by atoms with Crippen molar-refractivity contribution in [3.05, 3.63) is 30.2 Å². The summed E-state index contributed by atoms with van der Waals surface area (Å²) in [7, 11) is 0. The van der Waals surface area contributed by atoms with Crippen molar-refractivity contribution in [2.75, 3.05) is 43.1 Å². The second-order valence-electron chi connectivity index (χ2n) is 8.28. The number of anilines is 2. The Morgan fingerprint density at radius 2 is 2.22 bits per heavy atom. The molecular formula is C23H36N8O. The highest BCUT2D eigenvalue weighted by Crippen LogP contribution is 2.28. The molecule has 0 saturated carbocycles. The summed E-state index contributed by atoms with van der Waals surface area (Å²) in [5.41, 5.74) is 3.54. The van der Waals surface area contributed by atoms with E-state index >= 15 is 0 Å². The van der Waals surface area contributed by atoms with Crippen molar-refractivity contribution >= 4 is 29.0 Å². The molecule has 3 rings (SSSR count). The molecule has 9 heteroatoms. The van der Waals surface area contributed by atoms with Gasteiger partial charge in [0.25, 0.3) is 0 Å². The maximum absolute atomic E-state index is 5.56. The molecule has 0 bridgehead atoms. The molecule has 0 amide bonds. The van der Waals surface area contributed by atoms with Crippen molar-refractivity contribution < 1.29 is 4.74 Å². The molecule has 0 aromatic carbocycles. The van der Waals surface area contributed by atoms with Crippen LogP contribution in [0.3, 0.4) is 0 Å². The van der Waals surface area contributed by atoms with Crippen molar-refractivity contribution in [2.45, 2.75) is 47.2 Å². The predicted octanol–water partition coefficient (Wildman–Crippen LogP) is 3.14. The third kappa shape index (κ3) is 5.72. The fraction of sp³-hybridized carbons (Fsp3) is 0.565. The van der Waals surface area contributed by atoms with Crippen molar-refractivity contribution in [2.24, 2.45) is 10.9 Å². The standard InChI is InChI=1S/C23H36N8O/c1-7-24-10-9-17(5)26-22-21-20(18(6)29-31(21)13-14-32-8-2)27-23(28-22)30-12-11-25-19(15-30)16(3)4/h7,9-10,16,19,25H,1,8,11-15H2,2-6H3,(H,26,27,28)/b17-9+,24-10?/t19-/m1/s1. The van der Waals surface area contributed by atoms with E-state index in [2.05, 4.69) is 41.0 Å². The van der Waals surface area contributed by atoms with Crippen molar-refractivity contribution in [3.63, 3.8) is 0 Å². The maximum atomic E-state index is 5.56. The Labute approximate surface area is 190 Å². The van der Waals surface area contributed by atoms with Gasteiger partial charge in [-0.3, -0.25) is 9.67 Å². The van der Waals surface area contributed by atoms with Gasteiger partial charge in [-0.05, 0) is 32.8 Å². The number of piperazine rings is 1. The highest BCUT2D eigenvalue weighted by Gasteiger charge is 2.25. The van der Waals surface area contributed by atoms with Crippen LogP contribution in [0.2, 0.25) is 0 Å². The number of aliphatic imine (C=N–C) groups is 1. The first kappa shape index (κ1) is 23.9. The fourth-order valence-electron chi connectivity index (χ4n) is 3.75. The third-order valence-corrected chi connectivity index (χ3v) is 5.52. The smallest absolute Gasteiger partial charge is 0.228 e. The van der Waals surface area contributed by atoms with Gasteiger partial charge in [0.2, 0.25) is 5.95 Å². The van der Waals surface area contributed by atoms with Crippen LogP contribution in [0.5, 0.6) is 0 Å². The van der Waals surface area contributed by atoms with E-state index in [0.29, 0.717) is 31.7 Å². The number of rotatable bonds is 10. The Hall–Kier alpha value is -2.78. The fourth-order valence-corrected chi connectivity index (χ4v) is 3.75. The van der Waals surface area contributed by atoms with E-state index in [9.17, 15) is 0 Å². The summed E-state index contributed by atoms with van der Waals surface area (Å²) in [6, 6.07) is 0.409. The molecule has 174 valence electrons. The minimum atomic E-state index is 0.409. The number of aryl methyl sites for hydroxylation is 1. The van der Waals surface area contributed by atoms with Crippen LogP contribution in [0, 0.1) is 12.8 Å². The molecule has 2 N–H and O–H groups in total. The summed E-state index contributed by atoms with van der Waals surface area (Å²) in [6.45, 7) is 18.6. The molecule has 9 nitrogen and oxygen atoms in total. The zero-order chi connectivity index (χ0) is 23.1. The lowest BCUT2D eigenvalue weighted by Gasteiger charge is -2.35. The normalized spacial score (nSPS) is 17.6. The maximum Gasteiger partial charge on any atom is 0.228 e. The average molecular weight is 441 g/mol. The molecule has 1 atom stereocenters. The average Bonchev–Trinajstić information content (AvgIpc) is 3.10. The SMILES string of the molecule is C=CN=C/C=C(\C)Nc1nc(N2CCN[C@@H](C(C)C)C2)nc2c(C)nn(CCOCC)c12. The van der Waals surface area contributed by atoms with E-state index in [0.717, 1.165) is 53.8 Å². The molecule has 1 aliphatic heterocycles. The number of allylic oxidation sites excluding steroid dienone is 2. The number of fused-ring (bicyclic) bond motifs is 1. The number of nitrogens with zero attached hydrogens (tertiary/aromatic N) is 6. The molecule has 1 saturated heterocycles. The Balaban J connectivity index is 2.03. The van der Waals surface area contributed by atoms with E-state index in [1.165, 1.54) is 6.20 Å². The lowest BCUT2D eigenvalue weighted by atomic mass is 10.0. The molecule has 32 heavy (non-hydrogen) atoms. The van der Waals surface area contributed by atoms with E-state index in [1.54, 1.807) is 6.21 Å². The molecule has 3 heterocycles. The number of aromatic nitrogens is 4. The Kier molecular flexibility index (Phi) is 8.35. The second-order valence-corrected chi connectivity index (χ2v) is 8.28. The number of hydrogen-bond donors (Lipinski definition) is 2. The summed E-state index contributed by atoms with van der Waals surface area (Å²) < 4.78 is 7.50. The first-order valence-corrected chi connectivity index (χ1v) is 11.3. The molecule has 0 aliphatic carbocycles. The van der Waals surface area contributed by atoms with Gasteiger partial charge in [0.1, 0.15) is 11.0 Å². The number of nitrogens with one attached hydrogen (secondary N) is 2. The molecule has 2 aromatic heterocycles. The van der Waals surface area contributed by atoms with Gasteiger partial charge in [-0.15, -0.1) is 0 Å². The predicted molar refractivity (Wildman–Crippen MR) is 131 cm³/mol. The minimum absolute atomic E-state index is 0.409. The van der Waals surface area contributed by atoms with Gasteiger partial charge in [-0.2, -0.15) is 10.1 Å². The van der Waals surface area contributed by atoms with E-state index < -0.39 is 0 Å². The van der Waals surface area contributed by atoms with Crippen LogP contribution in [0.25, 0.3) is 11.0 Å². The summed E-state index contributed by atoms with van der Waals surface area (Å²) in [4.78, 5) is 16.2. The molecule has 1 aliphatic rings. The zero-order valence-corrected chi connectivity index (χ0v) is 19.9. The van der Waals surface area contributed by atoms with E-state index in [-0.39, 0.29) is 0 Å². The van der Waals surface area contributed by atoms with Gasteiger partial charge < -0.3 is 20.3 Å². The van der Waals surface area contributed by atoms with Crippen LogP contribution in [0.15, 0.2) is 29.5 Å². The third-order valence-electron chi connectivity index (χ3n) is 5.52. The Morgan fingerprint density at radius 1 is 1.41 bits per heavy atom. The summed E-state index contributed by atoms with van der Waals surface area (Å²) >= 11 is 0. The van der Waals surface area contributed by atoms with Gasteiger partial charge in [0, 0.05) is 50.4 Å². The van der Waals surface area contributed by atoms with E-state index in [4.69, 9.17) is 19.8 Å². The lowest BCUT2D eigenvalue weighted by molar-refractivity contribution is 0.137. The van der Waals surface area contributed by atoms with Crippen LogP contribution >= 0.6 is 0 Å². The summed E-state index contributed by atoms with van der Waals surface area (Å²) in [5, 5.41) is 11.8. The van der Waals surface area contributed by atoms with Gasteiger partial charge in [-0.1, -0.05) is 20.4 Å². The van der Waals surface area contributed by atoms with Crippen LogP contribution in [0.4, 0.5) is 11.8 Å². The van der Waals surface area contributed by atoms with Crippen molar-refractivity contribution in [1.82, 2.24) is 25.1 Å². The van der Waals surface area contributed by atoms with Gasteiger partial charge in [0.15, 0.2) is 5.82 Å². The Bertz CT molecular complexity index is 978. The van der Waals surface area contributed by atoms with Gasteiger partial charge >= 0.3 is 0 Å². The molecule has 2 aromatic rings. The van der Waals surface area contributed by atoms with E-state index in [1.807, 2.05) is 31.5 Å². The first-order chi connectivity index (χ1) is 15.4. The highest BCUT2D eigenvalue weighted by molar-refractivity contribution is 5.89.